The highest BCUT2D eigenvalue weighted by Crippen LogP contribution is 2.31. The summed E-state index contributed by atoms with van der Waals surface area (Å²) in [5.74, 6) is 0.931. The SMILES string of the molecule is Cn1cc(Br)c(OC2CCC(N3CCCCC3=O)CC2)cc1=O. The summed E-state index contributed by atoms with van der Waals surface area (Å²) in [6.07, 6.45) is 8.54. The molecular weight excluding hydrogens is 360 g/mol. The first kappa shape index (κ1) is 16.6. The third-order valence-corrected chi connectivity index (χ3v) is 5.48. The molecule has 1 saturated carbocycles. The Kier molecular flexibility index (Phi) is 5.09. The number of aromatic nitrogens is 1. The first-order valence-electron chi connectivity index (χ1n) is 8.37. The summed E-state index contributed by atoms with van der Waals surface area (Å²) < 4.78 is 8.34. The lowest BCUT2D eigenvalue weighted by Crippen LogP contribution is -2.45. The monoisotopic (exact) mass is 382 g/mol. The molecular formula is C17H23BrN2O3. The van der Waals surface area contributed by atoms with E-state index in [-0.39, 0.29) is 11.7 Å². The van der Waals surface area contributed by atoms with Crippen molar-refractivity contribution in [2.24, 2.45) is 7.05 Å². The third kappa shape index (κ3) is 3.79. The van der Waals surface area contributed by atoms with E-state index in [9.17, 15) is 9.59 Å². The molecule has 0 aromatic carbocycles. The Labute approximate surface area is 144 Å². The number of hydrogen-bond donors (Lipinski definition) is 0. The molecule has 5 nitrogen and oxygen atoms in total. The zero-order valence-electron chi connectivity index (χ0n) is 13.5. The van der Waals surface area contributed by atoms with Crippen molar-refractivity contribution in [2.75, 3.05) is 6.54 Å². The van der Waals surface area contributed by atoms with Gasteiger partial charge in [-0.25, -0.2) is 0 Å². The number of nitrogens with zero attached hydrogens (tertiary/aromatic N) is 2. The van der Waals surface area contributed by atoms with Crippen molar-refractivity contribution in [3.63, 3.8) is 0 Å². The minimum atomic E-state index is -0.0733. The van der Waals surface area contributed by atoms with Crippen LogP contribution in [0.2, 0.25) is 0 Å². The lowest BCUT2D eigenvalue weighted by molar-refractivity contribution is -0.136. The molecule has 23 heavy (non-hydrogen) atoms. The number of piperidine rings is 1. The molecule has 1 aromatic rings. The van der Waals surface area contributed by atoms with Crippen molar-refractivity contribution >= 4 is 21.8 Å². The first-order chi connectivity index (χ1) is 11.0. The average Bonchev–Trinajstić information content (AvgIpc) is 2.54. The maximum Gasteiger partial charge on any atom is 0.254 e. The second kappa shape index (κ2) is 7.07. The average molecular weight is 383 g/mol. The smallest absolute Gasteiger partial charge is 0.254 e. The minimum absolute atomic E-state index is 0.0733. The summed E-state index contributed by atoms with van der Waals surface area (Å²) in [4.78, 5) is 25.9. The summed E-state index contributed by atoms with van der Waals surface area (Å²) >= 11 is 3.45. The van der Waals surface area contributed by atoms with Crippen LogP contribution in [0.1, 0.15) is 44.9 Å². The van der Waals surface area contributed by atoms with Crippen LogP contribution in [0.5, 0.6) is 5.75 Å². The number of hydrogen-bond acceptors (Lipinski definition) is 3. The Bertz CT molecular complexity index is 635. The number of carbonyl (C=O) groups is 1. The highest BCUT2D eigenvalue weighted by Gasteiger charge is 2.30. The Morgan fingerprint density at radius 3 is 2.61 bits per heavy atom. The Balaban J connectivity index is 1.58. The molecule has 2 aliphatic rings. The number of aryl methyl sites for hydroxylation is 1. The zero-order valence-corrected chi connectivity index (χ0v) is 15.0. The van der Waals surface area contributed by atoms with Crippen molar-refractivity contribution in [1.82, 2.24) is 9.47 Å². The molecule has 1 saturated heterocycles. The van der Waals surface area contributed by atoms with Gasteiger partial charge in [0.1, 0.15) is 5.75 Å². The fourth-order valence-corrected chi connectivity index (χ4v) is 4.05. The van der Waals surface area contributed by atoms with Crippen LogP contribution in [-0.4, -0.2) is 34.1 Å². The van der Waals surface area contributed by atoms with Crippen LogP contribution in [-0.2, 0) is 11.8 Å². The van der Waals surface area contributed by atoms with Gasteiger partial charge in [0.05, 0.1) is 10.6 Å². The number of pyridine rings is 1. The van der Waals surface area contributed by atoms with Crippen LogP contribution in [0.15, 0.2) is 21.5 Å². The summed E-state index contributed by atoms with van der Waals surface area (Å²) in [6.45, 7) is 0.912. The molecule has 126 valence electrons. The number of amides is 1. The molecule has 0 N–H and O–H groups in total. The van der Waals surface area contributed by atoms with E-state index < -0.39 is 0 Å². The molecule has 0 bridgehead atoms. The summed E-state index contributed by atoms with van der Waals surface area (Å²) in [6, 6.07) is 1.90. The van der Waals surface area contributed by atoms with Crippen molar-refractivity contribution < 1.29 is 9.53 Å². The topological polar surface area (TPSA) is 51.5 Å². The van der Waals surface area contributed by atoms with Gasteiger partial charge in [-0.2, -0.15) is 0 Å². The van der Waals surface area contributed by atoms with Gasteiger partial charge in [0.15, 0.2) is 0 Å². The van der Waals surface area contributed by atoms with Gasteiger partial charge in [-0.1, -0.05) is 0 Å². The van der Waals surface area contributed by atoms with Gasteiger partial charge in [0, 0.05) is 38.3 Å². The second-order valence-electron chi connectivity index (χ2n) is 6.53. The summed E-state index contributed by atoms with van der Waals surface area (Å²) in [7, 11) is 1.72. The fraction of sp³-hybridized carbons (Fsp3) is 0.647. The quantitative estimate of drug-likeness (QED) is 0.807. The van der Waals surface area contributed by atoms with Gasteiger partial charge >= 0.3 is 0 Å². The highest BCUT2D eigenvalue weighted by atomic mass is 79.9. The number of likely N-dealkylation sites (tertiary alicyclic amines) is 1. The number of carbonyl (C=O) groups excluding carboxylic acids is 1. The van der Waals surface area contributed by atoms with Gasteiger partial charge in [-0.3, -0.25) is 9.59 Å². The van der Waals surface area contributed by atoms with Gasteiger partial charge in [0.25, 0.3) is 5.56 Å². The lowest BCUT2D eigenvalue weighted by Gasteiger charge is -2.39. The van der Waals surface area contributed by atoms with E-state index in [2.05, 4.69) is 20.8 Å². The molecule has 2 heterocycles. The maximum absolute atomic E-state index is 12.0. The van der Waals surface area contributed by atoms with E-state index in [0.29, 0.717) is 24.1 Å². The standard InChI is InChI=1S/C17H23BrN2O3/c1-19-11-14(18)15(10-17(19)22)23-13-7-5-12(6-8-13)20-9-3-2-4-16(20)21/h10-13H,2-9H2,1H3. The van der Waals surface area contributed by atoms with Gasteiger partial charge < -0.3 is 14.2 Å². The molecule has 2 fully saturated rings. The molecule has 0 radical (unpaired) electrons. The molecule has 1 aliphatic heterocycles. The predicted octanol–water partition coefficient (Wildman–Crippen LogP) is 2.85. The van der Waals surface area contributed by atoms with E-state index in [0.717, 1.165) is 49.5 Å². The van der Waals surface area contributed by atoms with Crippen LogP contribution in [0.3, 0.4) is 0 Å². The third-order valence-electron chi connectivity index (χ3n) is 4.88. The Hall–Kier alpha value is -1.30. The van der Waals surface area contributed by atoms with Crippen molar-refractivity contribution in [2.45, 2.75) is 57.1 Å². The highest BCUT2D eigenvalue weighted by molar-refractivity contribution is 9.10. The number of ether oxygens (including phenoxy) is 1. The van der Waals surface area contributed by atoms with E-state index in [4.69, 9.17) is 4.74 Å². The first-order valence-corrected chi connectivity index (χ1v) is 9.16. The van der Waals surface area contributed by atoms with Crippen LogP contribution >= 0.6 is 15.9 Å². The van der Waals surface area contributed by atoms with Crippen LogP contribution in [0.25, 0.3) is 0 Å². The largest absolute Gasteiger partial charge is 0.489 e. The number of rotatable bonds is 3. The van der Waals surface area contributed by atoms with E-state index >= 15 is 0 Å². The molecule has 0 unspecified atom stereocenters. The molecule has 1 aromatic heterocycles. The van der Waals surface area contributed by atoms with Crippen LogP contribution < -0.4 is 10.3 Å². The van der Waals surface area contributed by atoms with E-state index in [1.54, 1.807) is 13.2 Å². The van der Waals surface area contributed by atoms with Crippen molar-refractivity contribution in [1.29, 1.82) is 0 Å². The predicted molar refractivity (Wildman–Crippen MR) is 91.6 cm³/mol. The molecule has 0 spiro atoms. The van der Waals surface area contributed by atoms with Crippen LogP contribution in [0, 0.1) is 0 Å². The van der Waals surface area contributed by atoms with Gasteiger partial charge in [-0.05, 0) is 54.5 Å². The molecule has 1 aliphatic carbocycles. The van der Waals surface area contributed by atoms with E-state index in [1.165, 1.54) is 10.6 Å². The number of halogens is 1. The van der Waals surface area contributed by atoms with Crippen molar-refractivity contribution in [3.8, 4) is 5.75 Å². The summed E-state index contributed by atoms with van der Waals surface area (Å²) in [5, 5.41) is 0. The molecule has 0 atom stereocenters. The zero-order chi connectivity index (χ0) is 16.4. The summed E-state index contributed by atoms with van der Waals surface area (Å²) in [5.41, 5.74) is -0.0733. The fourth-order valence-electron chi connectivity index (χ4n) is 3.54. The van der Waals surface area contributed by atoms with Crippen LogP contribution in [0.4, 0.5) is 0 Å². The second-order valence-corrected chi connectivity index (χ2v) is 7.38. The Morgan fingerprint density at radius 2 is 1.91 bits per heavy atom. The van der Waals surface area contributed by atoms with Gasteiger partial charge in [-0.15, -0.1) is 0 Å². The van der Waals surface area contributed by atoms with Crippen molar-refractivity contribution in [3.05, 3.63) is 27.1 Å². The molecule has 6 heteroatoms. The minimum Gasteiger partial charge on any atom is -0.489 e. The molecule has 3 rings (SSSR count). The normalized spacial score (nSPS) is 25.5. The van der Waals surface area contributed by atoms with Gasteiger partial charge in [0.2, 0.25) is 5.91 Å². The maximum atomic E-state index is 12.0. The lowest BCUT2D eigenvalue weighted by atomic mass is 9.90. The molecule has 1 amide bonds. The Morgan fingerprint density at radius 1 is 1.17 bits per heavy atom. The van der Waals surface area contributed by atoms with E-state index in [1.807, 2.05) is 0 Å².